The van der Waals surface area contributed by atoms with E-state index in [2.05, 4.69) is 0 Å². The summed E-state index contributed by atoms with van der Waals surface area (Å²) in [5, 5.41) is 22.5. The summed E-state index contributed by atoms with van der Waals surface area (Å²) in [4.78, 5) is 35.2. The number of benzene rings is 1. The van der Waals surface area contributed by atoms with E-state index >= 15 is 0 Å². The van der Waals surface area contributed by atoms with E-state index in [4.69, 9.17) is 9.47 Å². The Bertz CT molecular complexity index is 1020. The number of nitrogens with zero attached hydrogens (tertiary/aromatic N) is 2. The second kappa shape index (κ2) is 6.45. The molecular weight excluding hydrogens is 368 g/mol. The quantitative estimate of drug-likeness (QED) is 0.485. The summed E-state index contributed by atoms with van der Waals surface area (Å²) in [7, 11) is 1.24. The number of pyridine rings is 1. The average Bonchev–Trinajstić information content (AvgIpc) is 2.62. The molecule has 1 aromatic heterocycles. The standard InChI is InChI=1S/C19H20N2O7/c1-18(2)19(3,24)15(20-9-5-6-13(16(20)22)21(25)26)12-10-11(17(23)27-4)7-8-14(12)28-18/h5-10,15,24H,1-4H3. The number of fused-ring (bicyclic) bond motifs is 1. The third-order valence-electron chi connectivity index (χ3n) is 5.27. The summed E-state index contributed by atoms with van der Waals surface area (Å²) in [5.74, 6) is -0.245. The zero-order chi connectivity index (χ0) is 20.9. The predicted molar refractivity (Wildman–Crippen MR) is 98.6 cm³/mol. The average molecular weight is 388 g/mol. The molecule has 0 radical (unpaired) electrons. The first-order valence-corrected chi connectivity index (χ1v) is 8.50. The molecule has 1 aliphatic rings. The van der Waals surface area contributed by atoms with E-state index < -0.39 is 39.4 Å². The Balaban J connectivity index is 2.33. The Morgan fingerprint density at radius 3 is 2.61 bits per heavy atom. The maximum atomic E-state index is 12.8. The van der Waals surface area contributed by atoms with Crippen LogP contribution >= 0.6 is 0 Å². The number of hydrogen-bond acceptors (Lipinski definition) is 7. The highest BCUT2D eigenvalue weighted by atomic mass is 16.6. The highest BCUT2D eigenvalue weighted by Crippen LogP contribution is 2.48. The molecule has 2 aromatic rings. The van der Waals surface area contributed by atoms with Crippen LogP contribution in [-0.4, -0.2) is 38.9 Å². The van der Waals surface area contributed by atoms with Gasteiger partial charge in [-0.2, -0.15) is 0 Å². The fourth-order valence-corrected chi connectivity index (χ4v) is 3.37. The highest BCUT2D eigenvalue weighted by molar-refractivity contribution is 5.89. The molecule has 3 rings (SSSR count). The fourth-order valence-electron chi connectivity index (χ4n) is 3.37. The second-order valence-electron chi connectivity index (χ2n) is 7.27. The maximum Gasteiger partial charge on any atom is 0.337 e. The minimum atomic E-state index is -1.65. The van der Waals surface area contributed by atoms with Gasteiger partial charge in [0.25, 0.3) is 0 Å². The number of methoxy groups -OCH3 is 1. The van der Waals surface area contributed by atoms with Crippen molar-refractivity contribution in [2.24, 2.45) is 0 Å². The number of aliphatic hydroxyl groups is 1. The first-order chi connectivity index (χ1) is 13.0. The number of hydrogen-bond donors (Lipinski definition) is 1. The second-order valence-corrected chi connectivity index (χ2v) is 7.27. The molecule has 2 heterocycles. The van der Waals surface area contributed by atoms with Crippen LogP contribution in [0.1, 0.15) is 42.7 Å². The number of esters is 1. The molecule has 0 aliphatic carbocycles. The molecular formula is C19H20N2O7. The van der Waals surface area contributed by atoms with Gasteiger partial charge >= 0.3 is 17.2 Å². The summed E-state index contributed by atoms with van der Waals surface area (Å²) in [6.45, 7) is 4.79. The van der Waals surface area contributed by atoms with Gasteiger partial charge in [-0.3, -0.25) is 19.5 Å². The van der Waals surface area contributed by atoms with Crippen LogP contribution in [0.2, 0.25) is 0 Å². The van der Waals surface area contributed by atoms with Gasteiger partial charge in [0.05, 0.1) is 23.6 Å². The van der Waals surface area contributed by atoms with Crippen molar-refractivity contribution in [1.82, 2.24) is 4.57 Å². The number of aromatic nitrogens is 1. The van der Waals surface area contributed by atoms with Gasteiger partial charge in [-0.05, 0) is 45.0 Å². The molecule has 0 bridgehead atoms. The zero-order valence-electron chi connectivity index (χ0n) is 15.8. The molecule has 1 aliphatic heterocycles. The largest absolute Gasteiger partial charge is 0.484 e. The van der Waals surface area contributed by atoms with Gasteiger partial charge in [0.2, 0.25) is 0 Å². The molecule has 9 heteroatoms. The Labute approximate surface area is 160 Å². The van der Waals surface area contributed by atoms with Crippen molar-refractivity contribution in [2.75, 3.05) is 7.11 Å². The molecule has 1 aromatic carbocycles. The van der Waals surface area contributed by atoms with Gasteiger partial charge in [0.15, 0.2) is 0 Å². The highest BCUT2D eigenvalue weighted by Gasteiger charge is 2.54. The third-order valence-corrected chi connectivity index (χ3v) is 5.27. The predicted octanol–water partition coefficient (Wildman–Crippen LogP) is 2.05. The molecule has 0 saturated heterocycles. The Hall–Kier alpha value is -3.20. The molecule has 0 amide bonds. The normalized spacial score (nSPS) is 22.7. The molecule has 2 unspecified atom stereocenters. The molecule has 0 fully saturated rings. The van der Waals surface area contributed by atoms with Crippen LogP contribution in [0.5, 0.6) is 5.75 Å². The van der Waals surface area contributed by atoms with Crippen molar-refractivity contribution in [3.63, 3.8) is 0 Å². The molecule has 28 heavy (non-hydrogen) atoms. The first kappa shape index (κ1) is 19.6. The van der Waals surface area contributed by atoms with Crippen molar-refractivity contribution in [3.05, 3.63) is 68.1 Å². The van der Waals surface area contributed by atoms with Gasteiger partial charge in [0.1, 0.15) is 17.0 Å². The number of carbonyl (C=O) groups is 1. The van der Waals surface area contributed by atoms with Crippen LogP contribution in [0.25, 0.3) is 0 Å². The molecule has 1 N–H and O–H groups in total. The zero-order valence-corrected chi connectivity index (χ0v) is 15.8. The van der Waals surface area contributed by atoms with E-state index in [0.717, 1.165) is 10.6 Å². The monoisotopic (exact) mass is 388 g/mol. The van der Waals surface area contributed by atoms with E-state index in [1.54, 1.807) is 19.9 Å². The van der Waals surface area contributed by atoms with E-state index in [1.165, 1.54) is 38.4 Å². The lowest BCUT2D eigenvalue weighted by atomic mass is 9.75. The Kier molecular flexibility index (Phi) is 4.50. The Morgan fingerprint density at radius 1 is 1.32 bits per heavy atom. The summed E-state index contributed by atoms with van der Waals surface area (Å²) >= 11 is 0. The minimum absolute atomic E-state index is 0.198. The van der Waals surface area contributed by atoms with Crippen LogP contribution in [0, 0.1) is 10.1 Å². The van der Waals surface area contributed by atoms with Crippen LogP contribution in [0.15, 0.2) is 41.3 Å². The third kappa shape index (κ3) is 2.84. The van der Waals surface area contributed by atoms with Crippen molar-refractivity contribution >= 4 is 11.7 Å². The molecule has 0 saturated carbocycles. The topological polar surface area (TPSA) is 121 Å². The first-order valence-electron chi connectivity index (χ1n) is 8.50. The van der Waals surface area contributed by atoms with Gasteiger partial charge < -0.3 is 14.6 Å². The number of rotatable bonds is 3. The molecule has 2 atom stereocenters. The summed E-state index contributed by atoms with van der Waals surface area (Å²) in [5.41, 5.74) is -3.73. The van der Waals surface area contributed by atoms with Gasteiger partial charge in [-0.1, -0.05) is 0 Å². The van der Waals surface area contributed by atoms with E-state index in [-0.39, 0.29) is 5.56 Å². The number of nitro groups is 1. The molecule has 0 spiro atoms. The van der Waals surface area contributed by atoms with Gasteiger partial charge in [-0.25, -0.2) is 4.79 Å². The summed E-state index contributed by atoms with van der Waals surface area (Å²) < 4.78 is 11.8. The van der Waals surface area contributed by atoms with Crippen LogP contribution in [0.3, 0.4) is 0 Å². The van der Waals surface area contributed by atoms with Crippen molar-refractivity contribution in [3.8, 4) is 5.75 Å². The van der Waals surface area contributed by atoms with E-state index in [0.29, 0.717) is 11.3 Å². The molecule has 148 valence electrons. The lowest BCUT2D eigenvalue weighted by Gasteiger charge is -2.49. The van der Waals surface area contributed by atoms with Crippen molar-refractivity contribution in [1.29, 1.82) is 0 Å². The maximum absolute atomic E-state index is 12.8. The summed E-state index contributed by atoms with van der Waals surface area (Å²) in [6, 6.07) is 5.94. The summed E-state index contributed by atoms with van der Waals surface area (Å²) in [6.07, 6.45) is 1.37. The van der Waals surface area contributed by atoms with E-state index in [9.17, 15) is 24.8 Å². The minimum Gasteiger partial charge on any atom is -0.484 e. The Morgan fingerprint density at radius 2 is 2.00 bits per heavy atom. The van der Waals surface area contributed by atoms with Crippen LogP contribution in [-0.2, 0) is 4.74 Å². The number of carbonyl (C=O) groups excluding carboxylic acids is 1. The van der Waals surface area contributed by atoms with Crippen LogP contribution < -0.4 is 10.3 Å². The number of ether oxygens (including phenoxy) is 2. The van der Waals surface area contributed by atoms with E-state index in [1.807, 2.05) is 0 Å². The van der Waals surface area contributed by atoms with Crippen LogP contribution in [0.4, 0.5) is 5.69 Å². The van der Waals surface area contributed by atoms with Gasteiger partial charge in [0, 0.05) is 17.8 Å². The lowest BCUT2D eigenvalue weighted by Crippen LogP contribution is -2.60. The van der Waals surface area contributed by atoms with Crippen molar-refractivity contribution < 1.29 is 24.3 Å². The smallest absolute Gasteiger partial charge is 0.337 e. The molecule has 9 nitrogen and oxygen atoms in total. The SMILES string of the molecule is COC(=O)c1ccc2c(c1)C(n1cccc([N+](=O)[O-])c1=O)C(C)(O)C(C)(C)O2. The lowest BCUT2D eigenvalue weighted by molar-refractivity contribution is -0.386. The van der Waals surface area contributed by atoms with Crippen molar-refractivity contribution in [2.45, 2.75) is 38.0 Å². The fraction of sp³-hybridized carbons (Fsp3) is 0.368. The van der Waals surface area contributed by atoms with Gasteiger partial charge in [-0.15, -0.1) is 0 Å².